The quantitative estimate of drug-likeness (QED) is 0.732. The topological polar surface area (TPSA) is 81.4 Å². The lowest BCUT2D eigenvalue weighted by Crippen LogP contribution is -2.35. The van der Waals surface area contributed by atoms with Crippen molar-refractivity contribution in [2.75, 3.05) is 5.32 Å². The number of amides is 1. The molecule has 0 aliphatic carbocycles. The van der Waals surface area contributed by atoms with Crippen molar-refractivity contribution >= 4 is 28.3 Å². The van der Waals surface area contributed by atoms with E-state index in [1.165, 1.54) is 0 Å². The number of carbonyl (C=O) groups is 2. The number of anilines is 1. The van der Waals surface area contributed by atoms with Gasteiger partial charge < -0.3 is 14.6 Å². The van der Waals surface area contributed by atoms with Crippen LogP contribution < -0.4 is 10.1 Å². The molecule has 2 aromatic carbocycles. The zero-order valence-electron chi connectivity index (χ0n) is 16.4. The molecule has 1 aliphatic heterocycles. The molecular weight excluding hydrogens is 356 g/mol. The molecule has 0 saturated carbocycles. The molecular formula is C22H22N2O4. The van der Waals surface area contributed by atoms with Crippen LogP contribution in [0.5, 0.6) is 5.75 Å². The van der Waals surface area contributed by atoms with Crippen LogP contribution in [0.15, 0.2) is 34.9 Å². The van der Waals surface area contributed by atoms with Crippen LogP contribution in [0.4, 0.5) is 5.69 Å². The van der Waals surface area contributed by atoms with Crippen LogP contribution in [0.25, 0.3) is 11.0 Å². The van der Waals surface area contributed by atoms with Gasteiger partial charge in [-0.25, -0.2) is 0 Å². The highest BCUT2D eigenvalue weighted by Crippen LogP contribution is 2.34. The number of aromatic nitrogens is 1. The minimum atomic E-state index is -0.515. The molecule has 0 fully saturated rings. The van der Waals surface area contributed by atoms with E-state index in [9.17, 15) is 9.59 Å². The van der Waals surface area contributed by atoms with Gasteiger partial charge in [-0.05, 0) is 69.2 Å². The fourth-order valence-corrected chi connectivity index (χ4v) is 3.46. The Bertz CT molecular complexity index is 1110. The molecule has 1 aliphatic rings. The van der Waals surface area contributed by atoms with Gasteiger partial charge in [-0.3, -0.25) is 9.59 Å². The molecule has 0 bridgehead atoms. The van der Waals surface area contributed by atoms with Crippen molar-refractivity contribution in [2.24, 2.45) is 0 Å². The molecule has 6 nitrogen and oxygen atoms in total. The Morgan fingerprint density at radius 3 is 2.71 bits per heavy atom. The summed E-state index contributed by atoms with van der Waals surface area (Å²) in [5.41, 5.74) is 4.03. The third-order valence-electron chi connectivity index (χ3n) is 5.03. The van der Waals surface area contributed by atoms with Crippen molar-refractivity contribution < 1.29 is 18.8 Å². The average molecular weight is 378 g/mol. The maximum Gasteiger partial charge on any atom is 0.230 e. The van der Waals surface area contributed by atoms with E-state index in [0.717, 1.165) is 16.5 Å². The second-order valence-corrected chi connectivity index (χ2v) is 7.96. The molecule has 0 spiro atoms. The molecule has 0 saturated heterocycles. The normalized spacial score (nSPS) is 15.2. The summed E-state index contributed by atoms with van der Waals surface area (Å²) >= 11 is 0. The maximum absolute atomic E-state index is 12.5. The lowest BCUT2D eigenvalue weighted by molar-refractivity contribution is -0.115. The first-order valence-corrected chi connectivity index (χ1v) is 9.23. The Kier molecular flexibility index (Phi) is 4.22. The molecule has 4 rings (SSSR count). The number of benzene rings is 2. The van der Waals surface area contributed by atoms with E-state index in [4.69, 9.17) is 9.26 Å². The van der Waals surface area contributed by atoms with Gasteiger partial charge in [0.1, 0.15) is 17.0 Å². The number of Topliss-reactive ketones (excluding diaryl/α,β-unsaturated/α-hetero) is 1. The highest BCUT2D eigenvalue weighted by atomic mass is 16.5. The molecule has 6 heteroatoms. The predicted octanol–water partition coefficient (Wildman–Crippen LogP) is 4.37. The summed E-state index contributed by atoms with van der Waals surface area (Å²) in [6.45, 7) is 7.79. The zero-order valence-corrected chi connectivity index (χ0v) is 16.4. The highest BCUT2D eigenvalue weighted by molar-refractivity contribution is 6.02. The smallest absolute Gasteiger partial charge is 0.230 e. The number of ketones is 1. The summed E-state index contributed by atoms with van der Waals surface area (Å²) in [7, 11) is 0. The predicted molar refractivity (Wildman–Crippen MR) is 106 cm³/mol. The van der Waals surface area contributed by atoms with Crippen LogP contribution >= 0.6 is 0 Å². The molecule has 0 radical (unpaired) electrons. The molecule has 3 aromatic rings. The van der Waals surface area contributed by atoms with Gasteiger partial charge in [-0.1, -0.05) is 5.16 Å². The molecule has 1 amide bonds. The van der Waals surface area contributed by atoms with E-state index in [2.05, 4.69) is 10.5 Å². The summed E-state index contributed by atoms with van der Waals surface area (Å²) in [5.74, 6) is 0.334. The van der Waals surface area contributed by atoms with Gasteiger partial charge in [0.15, 0.2) is 11.4 Å². The van der Waals surface area contributed by atoms with Crippen LogP contribution in [0.1, 0.15) is 47.4 Å². The van der Waals surface area contributed by atoms with Crippen molar-refractivity contribution in [3.63, 3.8) is 0 Å². The van der Waals surface area contributed by atoms with Gasteiger partial charge in [0.25, 0.3) is 0 Å². The van der Waals surface area contributed by atoms with Gasteiger partial charge in [0, 0.05) is 11.1 Å². The number of ether oxygens (including phenoxy) is 1. The second kappa shape index (κ2) is 6.48. The second-order valence-electron chi connectivity index (χ2n) is 7.96. The van der Waals surface area contributed by atoms with Gasteiger partial charge in [-0.2, -0.15) is 0 Å². The molecule has 1 aromatic heterocycles. The fourth-order valence-electron chi connectivity index (χ4n) is 3.46. The van der Waals surface area contributed by atoms with Crippen molar-refractivity contribution in [2.45, 2.75) is 46.1 Å². The fraction of sp³-hybridized carbons (Fsp3) is 0.318. The first-order chi connectivity index (χ1) is 13.2. The van der Waals surface area contributed by atoms with E-state index in [1.54, 1.807) is 18.2 Å². The Hall–Kier alpha value is -3.15. The summed E-state index contributed by atoms with van der Waals surface area (Å²) in [6, 6.07) is 9.04. The third-order valence-corrected chi connectivity index (χ3v) is 5.03. The Morgan fingerprint density at radius 1 is 1.18 bits per heavy atom. The van der Waals surface area contributed by atoms with Crippen molar-refractivity contribution in [3.05, 3.63) is 52.7 Å². The van der Waals surface area contributed by atoms with Crippen LogP contribution in [0.3, 0.4) is 0 Å². The van der Waals surface area contributed by atoms with Crippen LogP contribution in [0, 0.1) is 13.8 Å². The van der Waals surface area contributed by atoms with Crippen LogP contribution in [0.2, 0.25) is 0 Å². The SMILES string of the molecule is Cc1cc2onc(CC(=O)Nc3ccc4c(c3)C(=O)CC(C)(C)O4)c2cc1C. The number of nitrogens with one attached hydrogen (secondary N) is 1. The highest BCUT2D eigenvalue weighted by Gasteiger charge is 2.32. The van der Waals surface area contributed by atoms with Crippen LogP contribution in [-0.2, 0) is 11.2 Å². The minimum absolute atomic E-state index is 0.00990. The van der Waals surface area contributed by atoms with E-state index in [-0.39, 0.29) is 18.1 Å². The number of carbonyl (C=O) groups excluding carboxylic acids is 2. The standard InChI is InChI=1S/C22H22N2O4/c1-12-7-15-17(24-28-20(15)8-13(12)2)10-21(26)23-14-5-6-19-16(9-14)18(25)11-22(3,4)27-19/h5-9H,10-11H2,1-4H3,(H,23,26). The van der Waals surface area contributed by atoms with Crippen LogP contribution in [-0.4, -0.2) is 22.4 Å². The van der Waals surface area contributed by atoms with E-state index in [1.807, 2.05) is 39.8 Å². The first kappa shape index (κ1) is 18.2. The lowest BCUT2D eigenvalue weighted by atomic mass is 9.93. The van der Waals surface area contributed by atoms with E-state index < -0.39 is 5.60 Å². The summed E-state index contributed by atoms with van der Waals surface area (Å²) in [4.78, 5) is 24.9. The lowest BCUT2D eigenvalue weighted by Gasteiger charge is -2.31. The van der Waals surface area contributed by atoms with E-state index in [0.29, 0.717) is 34.7 Å². The monoisotopic (exact) mass is 378 g/mol. The van der Waals surface area contributed by atoms with Gasteiger partial charge in [0.2, 0.25) is 5.91 Å². The molecule has 28 heavy (non-hydrogen) atoms. The van der Waals surface area contributed by atoms with Gasteiger partial charge in [0.05, 0.1) is 18.4 Å². The number of fused-ring (bicyclic) bond motifs is 2. The van der Waals surface area contributed by atoms with Crippen molar-refractivity contribution in [1.82, 2.24) is 5.16 Å². The van der Waals surface area contributed by atoms with Crippen molar-refractivity contribution in [1.29, 1.82) is 0 Å². The maximum atomic E-state index is 12.5. The van der Waals surface area contributed by atoms with Gasteiger partial charge >= 0.3 is 0 Å². The Balaban J connectivity index is 1.53. The summed E-state index contributed by atoms with van der Waals surface area (Å²) in [6.07, 6.45) is 0.394. The number of aryl methyl sites for hydroxylation is 2. The zero-order chi connectivity index (χ0) is 20.1. The number of hydrogen-bond donors (Lipinski definition) is 1. The number of rotatable bonds is 3. The van der Waals surface area contributed by atoms with Gasteiger partial charge in [-0.15, -0.1) is 0 Å². The number of hydrogen-bond acceptors (Lipinski definition) is 5. The Morgan fingerprint density at radius 2 is 1.93 bits per heavy atom. The molecule has 0 unspecified atom stereocenters. The summed E-state index contributed by atoms with van der Waals surface area (Å²) < 4.78 is 11.2. The molecule has 2 heterocycles. The first-order valence-electron chi connectivity index (χ1n) is 9.23. The molecule has 1 N–H and O–H groups in total. The van der Waals surface area contributed by atoms with Crippen molar-refractivity contribution in [3.8, 4) is 5.75 Å². The van der Waals surface area contributed by atoms with E-state index >= 15 is 0 Å². The third kappa shape index (κ3) is 3.38. The average Bonchev–Trinajstić information content (AvgIpc) is 2.97. The summed E-state index contributed by atoms with van der Waals surface area (Å²) in [5, 5.41) is 7.72. The molecule has 144 valence electrons. The minimum Gasteiger partial charge on any atom is -0.487 e. The number of nitrogens with zero attached hydrogens (tertiary/aromatic N) is 1. The molecule has 0 atom stereocenters. The largest absolute Gasteiger partial charge is 0.487 e. The Labute approximate surface area is 162 Å².